The Labute approximate surface area is 90.0 Å². The summed E-state index contributed by atoms with van der Waals surface area (Å²) in [5.74, 6) is 0. The zero-order chi connectivity index (χ0) is 9.97. The van der Waals surface area contributed by atoms with Gasteiger partial charge in [-0.2, -0.15) is 0 Å². The number of aliphatic hydroxyl groups is 1. The number of rotatable bonds is 3. The van der Waals surface area contributed by atoms with Crippen LogP contribution in [0.1, 0.15) is 16.5 Å². The van der Waals surface area contributed by atoms with Crippen molar-refractivity contribution in [1.29, 1.82) is 0 Å². The van der Waals surface area contributed by atoms with Gasteiger partial charge in [0.1, 0.15) is 0 Å². The lowest BCUT2D eigenvalue weighted by molar-refractivity contribution is 0.178. The molecule has 3 nitrogen and oxygen atoms in total. The molecule has 2 heterocycles. The van der Waals surface area contributed by atoms with Crippen molar-refractivity contribution in [3.05, 3.63) is 39.7 Å². The van der Waals surface area contributed by atoms with Crippen LogP contribution in [0.3, 0.4) is 0 Å². The molecule has 0 amide bonds. The molecule has 0 saturated heterocycles. The Morgan fingerprint density at radius 2 is 2.50 bits per heavy atom. The summed E-state index contributed by atoms with van der Waals surface area (Å²) < 4.78 is 4.90. The minimum Gasteiger partial charge on any atom is -0.453 e. The molecule has 2 aromatic rings. The van der Waals surface area contributed by atoms with Gasteiger partial charge in [0.05, 0.1) is 17.9 Å². The number of hydrogen-bond acceptors (Lipinski definition) is 4. The molecule has 2 rings (SSSR count). The molecule has 1 atom stereocenters. The van der Waals surface area contributed by atoms with Gasteiger partial charge >= 0.3 is 0 Å². The minimum atomic E-state index is -0.623. The van der Waals surface area contributed by atoms with Crippen molar-refractivity contribution in [2.45, 2.75) is 12.5 Å². The Morgan fingerprint density at radius 1 is 1.64 bits per heavy atom. The second-order valence-electron chi connectivity index (χ2n) is 2.84. The highest BCUT2D eigenvalue weighted by atomic mass is 35.5. The molecule has 5 heteroatoms. The molecule has 0 aromatic carbocycles. The molecule has 0 aliphatic rings. The van der Waals surface area contributed by atoms with Crippen LogP contribution in [0.25, 0.3) is 0 Å². The summed E-state index contributed by atoms with van der Waals surface area (Å²) in [7, 11) is 0. The summed E-state index contributed by atoms with van der Waals surface area (Å²) in [5.41, 5.74) is 2.36. The first-order valence-electron chi connectivity index (χ1n) is 4.05. The van der Waals surface area contributed by atoms with E-state index in [4.69, 9.17) is 16.0 Å². The third kappa shape index (κ3) is 1.97. The number of nitrogens with zero attached hydrogens (tertiary/aromatic N) is 1. The van der Waals surface area contributed by atoms with E-state index in [9.17, 15) is 5.11 Å². The van der Waals surface area contributed by atoms with Crippen LogP contribution in [0, 0.1) is 0 Å². The van der Waals surface area contributed by atoms with Crippen LogP contribution in [0.4, 0.5) is 0 Å². The molecular weight excluding hydrogens is 222 g/mol. The van der Waals surface area contributed by atoms with Crippen LogP contribution in [-0.4, -0.2) is 10.1 Å². The molecule has 0 saturated carbocycles. The van der Waals surface area contributed by atoms with Crippen molar-refractivity contribution in [1.82, 2.24) is 4.98 Å². The van der Waals surface area contributed by atoms with Crippen molar-refractivity contribution in [3.63, 3.8) is 0 Å². The largest absolute Gasteiger partial charge is 0.453 e. The first-order valence-corrected chi connectivity index (χ1v) is 5.31. The molecule has 0 aliphatic heterocycles. The fourth-order valence-corrected chi connectivity index (χ4v) is 2.06. The van der Waals surface area contributed by atoms with Crippen molar-refractivity contribution in [2.24, 2.45) is 0 Å². The van der Waals surface area contributed by atoms with Crippen molar-refractivity contribution in [2.75, 3.05) is 0 Å². The summed E-state index contributed by atoms with van der Waals surface area (Å²) in [5, 5.41) is 10.0. The molecular formula is C9H8ClNO2S. The van der Waals surface area contributed by atoms with Crippen LogP contribution in [0.15, 0.2) is 28.5 Å². The minimum absolute atomic E-state index is 0.252. The predicted molar refractivity (Wildman–Crippen MR) is 54.5 cm³/mol. The average molecular weight is 230 g/mol. The molecule has 0 aliphatic carbocycles. The molecule has 1 N–H and O–H groups in total. The number of halogens is 1. The van der Waals surface area contributed by atoms with E-state index >= 15 is 0 Å². The zero-order valence-electron chi connectivity index (χ0n) is 7.18. The van der Waals surface area contributed by atoms with Gasteiger partial charge in [0.25, 0.3) is 0 Å². The Bertz CT molecular complexity index is 399. The number of aromatic nitrogens is 1. The molecule has 0 spiro atoms. The van der Waals surface area contributed by atoms with E-state index < -0.39 is 6.10 Å². The Kier molecular flexibility index (Phi) is 2.86. The lowest BCUT2D eigenvalue weighted by atomic mass is 10.1. The van der Waals surface area contributed by atoms with Gasteiger partial charge < -0.3 is 9.52 Å². The zero-order valence-corrected chi connectivity index (χ0v) is 8.76. The standard InChI is InChI=1S/C9H8ClNO2S/c10-9-7(1-2-13-9)8(12)3-6-4-11-5-14-6/h1-2,4-5,8,12H,3H2. The Hall–Kier alpha value is -0.840. The van der Waals surface area contributed by atoms with Gasteiger partial charge in [-0.05, 0) is 17.7 Å². The summed E-state index contributed by atoms with van der Waals surface area (Å²) >= 11 is 7.25. The lowest BCUT2D eigenvalue weighted by Gasteiger charge is -2.06. The van der Waals surface area contributed by atoms with Crippen molar-refractivity contribution < 1.29 is 9.52 Å². The first-order chi connectivity index (χ1) is 6.77. The molecule has 2 aromatic heterocycles. The van der Waals surface area contributed by atoms with Gasteiger partial charge in [-0.25, -0.2) is 0 Å². The molecule has 74 valence electrons. The van der Waals surface area contributed by atoms with Crippen molar-refractivity contribution >= 4 is 22.9 Å². The van der Waals surface area contributed by atoms with Gasteiger partial charge in [-0.1, -0.05) is 0 Å². The topological polar surface area (TPSA) is 46.3 Å². The molecule has 0 bridgehead atoms. The average Bonchev–Trinajstić information content (AvgIpc) is 2.75. The second kappa shape index (κ2) is 4.13. The summed E-state index contributed by atoms with van der Waals surface area (Å²) in [6.45, 7) is 0. The van der Waals surface area contributed by atoms with Gasteiger partial charge in [-0.15, -0.1) is 11.3 Å². The van der Waals surface area contributed by atoms with E-state index in [1.165, 1.54) is 17.6 Å². The van der Waals surface area contributed by atoms with E-state index in [-0.39, 0.29) is 5.22 Å². The fourth-order valence-electron chi connectivity index (χ4n) is 1.19. The maximum absolute atomic E-state index is 9.80. The lowest BCUT2D eigenvalue weighted by Crippen LogP contribution is -1.99. The smallest absolute Gasteiger partial charge is 0.198 e. The highest BCUT2D eigenvalue weighted by Gasteiger charge is 2.15. The van der Waals surface area contributed by atoms with E-state index in [0.29, 0.717) is 12.0 Å². The maximum atomic E-state index is 9.80. The summed E-state index contributed by atoms with van der Waals surface area (Å²) in [6.07, 6.45) is 3.10. The van der Waals surface area contributed by atoms with Crippen LogP contribution >= 0.6 is 22.9 Å². The van der Waals surface area contributed by atoms with E-state index in [0.717, 1.165) is 4.88 Å². The predicted octanol–water partition coefficient (Wildman–Crippen LogP) is 2.67. The quantitative estimate of drug-likeness (QED) is 0.880. The highest BCUT2D eigenvalue weighted by molar-refractivity contribution is 7.09. The van der Waals surface area contributed by atoms with Gasteiger partial charge in [0, 0.05) is 23.1 Å². The van der Waals surface area contributed by atoms with E-state index in [2.05, 4.69) is 4.98 Å². The van der Waals surface area contributed by atoms with Crippen LogP contribution in [-0.2, 0) is 6.42 Å². The number of thiazole rings is 1. The molecule has 14 heavy (non-hydrogen) atoms. The fraction of sp³-hybridized carbons (Fsp3) is 0.222. The van der Waals surface area contributed by atoms with E-state index in [1.807, 2.05) is 0 Å². The number of furan rings is 1. The molecule has 1 unspecified atom stereocenters. The normalized spacial score (nSPS) is 13.0. The third-order valence-corrected chi connectivity index (χ3v) is 2.99. The van der Waals surface area contributed by atoms with Crippen LogP contribution in [0.2, 0.25) is 5.22 Å². The SMILES string of the molecule is OC(Cc1cncs1)c1ccoc1Cl. The number of aliphatic hydroxyl groups excluding tert-OH is 1. The Balaban J connectivity index is 2.10. The first kappa shape index (κ1) is 9.71. The molecule has 0 radical (unpaired) electrons. The van der Waals surface area contributed by atoms with Crippen molar-refractivity contribution in [3.8, 4) is 0 Å². The highest BCUT2D eigenvalue weighted by Crippen LogP contribution is 2.27. The Morgan fingerprint density at radius 3 is 3.07 bits per heavy atom. The number of hydrogen-bond donors (Lipinski definition) is 1. The maximum Gasteiger partial charge on any atom is 0.198 e. The third-order valence-electron chi connectivity index (χ3n) is 1.88. The monoisotopic (exact) mass is 229 g/mol. The van der Waals surface area contributed by atoms with Crippen LogP contribution in [0.5, 0.6) is 0 Å². The summed E-state index contributed by atoms with van der Waals surface area (Å²) in [6, 6.07) is 1.67. The van der Waals surface area contributed by atoms with E-state index in [1.54, 1.807) is 17.8 Å². The van der Waals surface area contributed by atoms with Crippen LogP contribution < -0.4 is 0 Å². The van der Waals surface area contributed by atoms with Gasteiger partial charge in [0.15, 0.2) is 5.22 Å². The molecule has 0 fully saturated rings. The van der Waals surface area contributed by atoms with Gasteiger partial charge in [0.2, 0.25) is 0 Å². The van der Waals surface area contributed by atoms with Gasteiger partial charge in [-0.3, -0.25) is 4.98 Å². The summed E-state index contributed by atoms with van der Waals surface area (Å²) in [4.78, 5) is 4.95. The second-order valence-corrected chi connectivity index (χ2v) is 4.15.